The third kappa shape index (κ3) is 3.46. The van der Waals surface area contributed by atoms with Gasteiger partial charge in [0.05, 0.1) is 4.92 Å². The number of non-ortho nitro benzene ring substituents is 1. The van der Waals surface area contributed by atoms with E-state index < -0.39 is 4.92 Å². The zero-order valence-corrected chi connectivity index (χ0v) is 12.1. The van der Waals surface area contributed by atoms with Crippen molar-refractivity contribution < 1.29 is 9.72 Å². The Balaban J connectivity index is 2.22. The molecule has 0 bridgehead atoms. The number of amides is 1. The normalized spacial score (nSPS) is 14.0. The standard InChI is InChI=1S/C15H19N3O3/c1-3-16-9-11(2)10-17-14-6-5-13(18(20)21)8-12(14)4-7-15(17)19/h5-6,8,16H,2-4,7,9-10H2,1H3. The summed E-state index contributed by atoms with van der Waals surface area (Å²) in [5.41, 5.74) is 2.58. The third-order valence-corrected chi connectivity index (χ3v) is 3.48. The van der Waals surface area contributed by atoms with Crippen LogP contribution < -0.4 is 10.2 Å². The summed E-state index contributed by atoms with van der Waals surface area (Å²) in [5, 5.41) is 14.0. The number of nitrogens with zero attached hydrogens (tertiary/aromatic N) is 2. The molecular weight excluding hydrogens is 270 g/mol. The highest BCUT2D eigenvalue weighted by atomic mass is 16.6. The van der Waals surface area contributed by atoms with Crippen LogP contribution >= 0.6 is 0 Å². The van der Waals surface area contributed by atoms with E-state index in [4.69, 9.17) is 0 Å². The van der Waals surface area contributed by atoms with Gasteiger partial charge >= 0.3 is 0 Å². The van der Waals surface area contributed by atoms with Crippen molar-refractivity contribution in [2.24, 2.45) is 0 Å². The summed E-state index contributed by atoms with van der Waals surface area (Å²) < 4.78 is 0. The Morgan fingerprint density at radius 1 is 1.48 bits per heavy atom. The van der Waals surface area contributed by atoms with Crippen LogP contribution in [-0.2, 0) is 11.2 Å². The molecule has 1 aliphatic heterocycles. The van der Waals surface area contributed by atoms with Gasteiger partial charge in [0, 0.05) is 37.3 Å². The van der Waals surface area contributed by atoms with Crippen molar-refractivity contribution in [3.8, 4) is 0 Å². The highest BCUT2D eigenvalue weighted by molar-refractivity contribution is 5.97. The second-order valence-electron chi connectivity index (χ2n) is 5.08. The lowest BCUT2D eigenvalue weighted by Crippen LogP contribution is -2.37. The minimum Gasteiger partial charge on any atom is -0.313 e. The van der Waals surface area contributed by atoms with Crippen LogP contribution in [0.2, 0.25) is 0 Å². The van der Waals surface area contributed by atoms with Gasteiger partial charge in [-0.05, 0) is 30.2 Å². The van der Waals surface area contributed by atoms with E-state index in [1.165, 1.54) is 6.07 Å². The van der Waals surface area contributed by atoms with Crippen LogP contribution in [-0.4, -0.2) is 30.5 Å². The minimum atomic E-state index is -0.412. The Morgan fingerprint density at radius 2 is 2.24 bits per heavy atom. The molecule has 0 radical (unpaired) electrons. The summed E-state index contributed by atoms with van der Waals surface area (Å²) in [6.07, 6.45) is 0.925. The van der Waals surface area contributed by atoms with Crippen molar-refractivity contribution >= 4 is 17.3 Å². The lowest BCUT2D eigenvalue weighted by molar-refractivity contribution is -0.384. The summed E-state index contributed by atoms with van der Waals surface area (Å²) in [7, 11) is 0. The van der Waals surface area contributed by atoms with Crippen molar-refractivity contribution in [3.63, 3.8) is 0 Å². The SMILES string of the molecule is C=C(CNCC)CN1C(=O)CCc2cc([N+](=O)[O-])ccc21. The molecule has 1 amide bonds. The van der Waals surface area contributed by atoms with Gasteiger partial charge in [0.2, 0.25) is 5.91 Å². The molecule has 0 unspecified atom stereocenters. The Morgan fingerprint density at radius 3 is 2.90 bits per heavy atom. The number of likely N-dealkylation sites (N-methyl/N-ethyl adjacent to an activating group) is 1. The average molecular weight is 289 g/mol. The number of carbonyl (C=O) groups excluding carboxylic acids is 1. The maximum absolute atomic E-state index is 12.1. The van der Waals surface area contributed by atoms with Gasteiger partial charge in [0.1, 0.15) is 0 Å². The molecule has 2 rings (SSSR count). The maximum Gasteiger partial charge on any atom is 0.269 e. The molecule has 112 valence electrons. The molecule has 6 nitrogen and oxygen atoms in total. The van der Waals surface area contributed by atoms with Crippen molar-refractivity contribution in [3.05, 3.63) is 46.0 Å². The molecule has 0 fully saturated rings. The highest BCUT2D eigenvalue weighted by Gasteiger charge is 2.25. The summed E-state index contributed by atoms with van der Waals surface area (Å²) in [6, 6.07) is 4.66. The number of fused-ring (bicyclic) bond motifs is 1. The van der Waals surface area contributed by atoms with Crippen LogP contribution in [0.3, 0.4) is 0 Å². The van der Waals surface area contributed by atoms with Crippen LogP contribution in [0.1, 0.15) is 18.9 Å². The molecule has 0 spiro atoms. The van der Waals surface area contributed by atoms with E-state index in [1.54, 1.807) is 17.0 Å². The molecule has 0 aromatic heterocycles. The second-order valence-corrected chi connectivity index (χ2v) is 5.08. The van der Waals surface area contributed by atoms with Gasteiger partial charge in [0.15, 0.2) is 0 Å². The number of nitro groups is 1. The number of hydrogen-bond acceptors (Lipinski definition) is 4. The van der Waals surface area contributed by atoms with Crippen LogP contribution in [0.5, 0.6) is 0 Å². The van der Waals surface area contributed by atoms with Crippen molar-refractivity contribution in [2.45, 2.75) is 19.8 Å². The Bertz CT molecular complexity index is 584. The minimum absolute atomic E-state index is 0.0361. The molecule has 1 aromatic rings. The van der Waals surface area contributed by atoms with E-state index in [1.807, 2.05) is 6.92 Å². The molecular formula is C15H19N3O3. The number of aryl methyl sites for hydroxylation is 1. The molecule has 0 saturated carbocycles. The molecule has 6 heteroatoms. The zero-order chi connectivity index (χ0) is 15.4. The first kappa shape index (κ1) is 15.2. The summed E-state index contributed by atoms with van der Waals surface area (Å²) in [5.74, 6) is 0.0361. The summed E-state index contributed by atoms with van der Waals surface area (Å²) in [6.45, 7) is 7.92. The molecule has 1 heterocycles. The second kappa shape index (κ2) is 6.49. The van der Waals surface area contributed by atoms with Crippen LogP contribution in [0.4, 0.5) is 11.4 Å². The predicted molar refractivity (Wildman–Crippen MR) is 81.5 cm³/mol. The van der Waals surface area contributed by atoms with Crippen molar-refractivity contribution in [2.75, 3.05) is 24.5 Å². The molecule has 0 aliphatic carbocycles. The molecule has 1 aromatic carbocycles. The smallest absolute Gasteiger partial charge is 0.269 e. The van der Waals surface area contributed by atoms with Crippen molar-refractivity contribution in [1.82, 2.24) is 5.32 Å². The highest BCUT2D eigenvalue weighted by Crippen LogP contribution is 2.31. The van der Waals surface area contributed by atoms with Crippen LogP contribution in [0.25, 0.3) is 0 Å². The van der Waals surface area contributed by atoms with E-state index in [2.05, 4.69) is 11.9 Å². The zero-order valence-electron chi connectivity index (χ0n) is 12.1. The Hall–Kier alpha value is -2.21. The number of nitro benzene ring substituents is 1. The van der Waals surface area contributed by atoms with Crippen LogP contribution in [0, 0.1) is 10.1 Å². The predicted octanol–water partition coefficient (Wildman–Crippen LogP) is 2.04. The first-order valence-electron chi connectivity index (χ1n) is 6.98. The number of carbonyl (C=O) groups is 1. The van der Waals surface area contributed by atoms with Gasteiger partial charge in [-0.2, -0.15) is 0 Å². The van der Waals surface area contributed by atoms with E-state index in [0.717, 1.165) is 23.4 Å². The lowest BCUT2D eigenvalue weighted by atomic mass is 10.00. The Kier molecular flexibility index (Phi) is 4.70. The molecule has 21 heavy (non-hydrogen) atoms. The van der Waals surface area contributed by atoms with Crippen LogP contribution in [0.15, 0.2) is 30.4 Å². The number of nitrogens with one attached hydrogen (secondary N) is 1. The van der Waals surface area contributed by atoms with E-state index >= 15 is 0 Å². The number of benzene rings is 1. The molecule has 1 aliphatic rings. The van der Waals surface area contributed by atoms with Gasteiger partial charge in [-0.1, -0.05) is 13.5 Å². The summed E-state index contributed by atoms with van der Waals surface area (Å²) in [4.78, 5) is 24.2. The average Bonchev–Trinajstić information content (AvgIpc) is 2.47. The molecule has 0 atom stereocenters. The Labute approximate surface area is 123 Å². The van der Waals surface area contributed by atoms with Gasteiger partial charge in [0.25, 0.3) is 5.69 Å². The van der Waals surface area contributed by atoms with Gasteiger partial charge in [-0.15, -0.1) is 0 Å². The fraction of sp³-hybridized carbons (Fsp3) is 0.400. The molecule has 0 saturated heterocycles. The first-order chi connectivity index (χ1) is 10.0. The lowest BCUT2D eigenvalue weighted by Gasteiger charge is -2.30. The van der Waals surface area contributed by atoms with E-state index in [9.17, 15) is 14.9 Å². The van der Waals surface area contributed by atoms with Gasteiger partial charge in [-0.25, -0.2) is 0 Å². The number of hydrogen-bond donors (Lipinski definition) is 1. The monoisotopic (exact) mass is 289 g/mol. The fourth-order valence-corrected chi connectivity index (χ4v) is 2.41. The van der Waals surface area contributed by atoms with E-state index in [0.29, 0.717) is 25.9 Å². The number of anilines is 1. The van der Waals surface area contributed by atoms with Gasteiger partial charge in [-0.3, -0.25) is 14.9 Å². The maximum atomic E-state index is 12.1. The topological polar surface area (TPSA) is 75.5 Å². The third-order valence-electron chi connectivity index (χ3n) is 3.48. The fourth-order valence-electron chi connectivity index (χ4n) is 2.41. The molecule has 1 N–H and O–H groups in total. The first-order valence-corrected chi connectivity index (χ1v) is 6.98. The quantitative estimate of drug-likeness (QED) is 0.494. The van der Waals surface area contributed by atoms with E-state index in [-0.39, 0.29) is 11.6 Å². The van der Waals surface area contributed by atoms with Crippen molar-refractivity contribution in [1.29, 1.82) is 0 Å². The largest absolute Gasteiger partial charge is 0.313 e. The van der Waals surface area contributed by atoms with Gasteiger partial charge < -0.3 is 10.2 Å². The number of rotatable bonds is 6. The summed E-state index contributed by atoms with van der Waals surface area (Å²) >= 11 is 0.